The van der Waals surface area contributed by atoms with Crippen molar-refractivity contribution in [1.29, 1.82) is 0 Å². The predicted octanol–water partition coefficient (Wildman–Crippen LogP) is 4.61. The maximum Gasteiger partial charge on any atom is 0.289 e. The highest BCUT2D eigenvalue weighted by Crippen LogP contribution is 2.23. The average molecular weight is 484 g/mol. The van der Waals surface area contributed by atoms with E-state index in [2.05, 4.69) is 4.90 Å². The Morgan fingerprint density at radius 2 is 1.79 bits per heavy atom. The Bertz CT molecular complexity index is 1160. The summed E-state index contributed by atoms with van der Waals surface area (Å²) in [4.78, 5) is 28.0. The third kappa shape index (κ3) is 6.04. The van der Waals surface area contributed by atoms with Gasteiger partial charge >= 0.3 is 0 Å². The van der Waals surface area contributed by atoms with Gasteiger partial charge in [-0.3, -0.25) is 14.5 Å². The summed E-state index contributed by atoms with van der Waals surface area (Å²) in [5.41, 5.74) is 7.15. The van der Waals surface area contributed by atoms with Crippen LogP contribution in [0.2, 0.25) is 5.02 Å². The molecule has 2 heterocycles. The summed E-state index contributed by atoms with van der Waals surface area (Å²) in [6, 6.07) is 17.5. The Balaban J connectivity index is 1.46. The largest absolute Gasteiger partial charge is 0.455 e. The maximum atomic E-state index is 13.7. The zero-order valence-electron chi connectivity index (χ0n) is 18.8. The molecule has 0 radical (unpaired) electrons. The van der Waals surface area contributed by atoms with Crippen LogP contribution in [-0.4, -0.2) is 34.7 Å². The van der Waals surface area contributed by atoms with Crippen molar-refractivity contribution in [1.82, 2.24) is 9.80 Å². The van der Waals surface area contributed by atoms with Gasteiger partial charge in [0.2, 0.25) is 5.91 Å². The lowest BCUT2D eigenvalue weighted by Crippen LogP contribution is -2.41. The van der Waals surface area contributed by atoms with Crippen LogP contribution >= 0.6 is 11.6 Å². The number of rotatable bonds is 8. The summed E-state index contributed by atoms with van der Waals surface area (Å²) in [5, 5.41) is 0.654. The number of hydrogen-bond donors (Lipinski definition) is 1. The molecular weight excluding hydrogens is 457 g/mol. The quantitative estimate of drug-likeness (QED) is 0.507. The molecular formula is C26H27ClFN3O3. The molecule has 3 aromatic rings. The lowest BCUT2D eigenvalue weighted by molar-refractivity contribution is -0.123. The minimum atomic E-state index is -0.315. The van der Waals surface area contributed by atoms with Crippen molar-refractivity contribution in [3.8, 4) is 0 Å². The molecule has 0 atom stereocenters. The van der Waals surface area contributed by atoms with E-state index in [-0.39, 0.29) is 29.3 Å². The summed E-state index contributed by atoms with van der Waals surface area (Å²) >= 11 is 6.37. The van der Waals surface area contributed by atoms with Gasteiger partial charge in [-0.1, -0.05) is 41.9 Å². The standard InChI is InChI=1S/C26H27ClFN3O3/c27-23-7-2-1-5-20(23)16-30(15-18-4-3-6-21(28)14-18)17-22-8-9-24(34-22)26(33)31-12-10-19(11-13-31)25(29)32/h1-9,14,19H,10-13,15-17H2,(H2,29,32). The summed E-state index contributed by atoms with van der Waals surface area (Å²) in [6.45, 7) is 2.37. The van der Waals surface area contributed by atoms with E-state index in [1.54, 1.807) is 23.1 Å². The summed E-state index contributed by atoms with van der Waals surface area (Å²) in [6.07, 6.45) is 1.13. The molecule has 6 nitrogen and oxygen atoms in total. The molecule has 2 aromatic carbocycles. The third-order valence-corrected chi connectivity index (χ3v) is 6.45. The maximum absolute atomic E-state index is 13.7. The van der Waals surface area contributed by atoms with Crippen molar-refractivity contribution >= 4 is 23.4 Å². The first-order chi connectivity index (χ1) is 16.4. The van der Waals surface area contributed by atoms with Crippen LogP contribution in [0.15, 0.2) is 65.1 Å². The number of nitrogens with two attached hydrogens (primary N) is 1. The van der Waals surface area contributed by atoms with Gasteiger partial charge in [-0.25, -0.2) is 4.39 Å². The second-order valence-corrected chi connectivity index (χ2v) is 9.01. The normalized spacial score (nSPS) is 14.5. The molecule has 2 amide bonds. The lowest BCUT2D eigenvalue weighted by Gasteiger charge is -2.29. The minimum Gasteiger partial charge on any atom is -0.455 e. The molecule has 4 rings (SSSR count). The van der Waals surface area contributed by atoms with Crippen LogP contribution in [0, 0.1) is 11.7 Å². The lowest BCUT2D eigenvalue weighted by atomic mass is 9.96. The SMILES string of the molecule is NC(=O)C1CCN(C(=O)c2ccc(CN(Cc3cccc(F)c3)Cc3ccccc3Cl)o2)CC1. The number of piperidine rings is 1. The van der Waals surface area contributed by atoms with E-state index in [9.17, 15) is 14.0 Å². The summed E-state index contributed by atoms with van der Waals surface area (Å²) in [7, 11) is 0. The zero-order chi connectivity index (χ0) is 24.1. The van der Waals surface area contributed by atoms with Crippen molar-refractivity contribution in [2.75, 3.05) is 13.1 Å². The van der Waals surface area contributed by atoms with Gasteiger partial charge < -0.3 is 15.1 Å². The van der Waals surface area contributed by atoms with Gasteiger partial charge in [-0.2, -0.15) is 0 Å². The molecule has 0 unspecified atom stereocenters. The zero-order valence-corrected chi connectivity index (χ0v) is 19.5. The fourth-order valence-electron chi connectivity index (χ4n) is 4.25. The first kappa shape index (κ1) is 24.0. The topological polar surface area (TPSA) is 79.8 Å². The number of nitrogens with zero attached hydrogens (tertiary/aromatic N) is 2. The van der Waals surface area contributed by atoms with Crippen LogP contribution in [0.25, 0.3) is 0 Å². The number of furan rings is 1. The molecule has 178 valence electrons. The fourth-order valence-corrected chi connectivity index (χ4v) is 4.45. The van der Waals surface area contributed by atoms with E-state index >= 15 is 0 Å². The van der Waals surface area contributed by atoms with Gasteiger partial charge in [0.1, 0.15) is 11.6 Å². The number of benzene rings is 2. The molecule has 34 heavy (non-hydrogen) atoms. The highest BCUT2D eigenvalue weighted by molar-refractivity contribution is 6.31. The summed E-state index contributed by atoms with van der Waals surface area (Å²) in [5.74, 6) is -0.102. The molecule has 1 aliphatic heterocycles. The molecule has 0 spiro atoms. The van der Waals surface area contributed by atoms with E-state index in [4.69, 9.17) is 21.8 Å². The number of primary amides is 1. The predicted molar refractivity (Wildman–Crippen MR) is 127 cm³/mol. The number of likely N-dealkylation sites (tertiary alicyclic amines) is 1. The molecule has 8 heteroatoms. The highest BCUT2D eigenvalue weighted by atomic mass is 35.5. The first-order valence-electron chi connectivity index (χ1n) is 11.3. The van der Waals surface area contributed by atoms with E-state index in [1.165, 1.54) is 12.1 Å². The minimum absolute atomic E-state index is 0.183. The monoisotopic (exact) mass is 483 g/mol. The highest BCUT2D eigenvalue weighted by Gasteiger charge is 2.28. The van der Waals surface area contributed by atoms with Gasteiger partial charge in [0.05, 0.1) is 6.54 Å². The van der Waals surface area contributed by atoms with E-state index in [0.717, 1.165) is 11.1 Å². The number of amides is 2. The van der Waals surface area contributed by atoms with Gasteiger partial charge in [0.15, 0.2) is 5.76 Å². The Labute approximate surface area is 203 Å². The molecule has 0 aliphatic carbocycles. The van der Waals surface area contributed by atoms with Gasteiger partial charge in [0, 0.05) is 37.1 Å². The molecule has 0 saturated carbocycles. The molecule has 0 bridgehead atoms. The Kier molecular flexibility index (Phi) is 7.65. The van der Waals surface area contributed by atoms with Crippen LogP contribution in [0.4, 0.5) is 4.39 Å². The van der Waals surface area contributed by atoms with Crippen LogP contribution in [0.5, 0.6) is 0 Å². The molecule has 1 saturated heterocycles. The molecule has 2 N–H and O–H groups in total. The van der Waals surface area contributed by atoms with Crippen LogP contribution in [-0.2, 0) is 24.4 Å². The van der Waals surface area contributed by atoms with Gasteiger partial charge in [0.25, 0.3) is 5.91 Å². The van der Waals surface area contributed by atoms with E-state index in [0.29, 0.717) is 56.3 Å². The van der Waals surface area contributed by atoms with Crippen LogP contribution < -0.4 is 5.73 Å². The van der Waals surface area contributed by atoms with Crippen molar-refractivity contribution in [2.24, 2.45) is 11.7 Å². The van der Waals surface area contributed by atoms with Crippen molar-refractivity contribution in [3.63, 3.8) is 0 Å². The van der Waals surface area contributed by atoms with Crippen molar-refractivity contribution in [3.05, 3.63) is 94.2 Å². The Morgan fingerprint density at radius 1 is 1.03 bits per heavy atom. The van der Waals surface area contributed by atoms with E-state index < -0.39 is 0 Å². The number of carbonyl (C=O) groups is 2. The molecule has 1 fully saturated rings. The third-order valence-electron chi connectivity index (χ3n) is 6.08. The van der Waals surface area contributed by atoms with Gasteiger partial charge in [-0.15, -0.1) is 0 Å². The van der Waals surface area contributed by atoms with Crippen molar-refractivity contribution in [2.45, 2.75) is 32.5 Å². The Morgan fingerprint density at radius 3 is 2.50 bits per heavy atom. The number of hydrogen-bond acceptors (Lipinski definition) is 4. The summed E-state index contributed by atoms with van der Waals surface area (Å²) < 4.78 is 19.6. The number of halogens is 2. The Hall–Kier alpha value is -3.16. The fraction of sp³-hybridized carbons (Fsp3) is 0.308. The average Bonchev–Trinajstić information content (AvgIpc) is 3.28. The van der Waals surface area contributed by atoms with Crippen molar-refractivity contribution < 1.29 is 18.4 Å². The van der Waals surface area contributed by atoms with E-state index in [1.807, 2.05) is 30.3 Å². The van der Waals surface area contributed by atoms with Crippen LogP contribution in [0.3, 0.4) is 0 Å². The second-order valence-electron chi connectivity index (χ2n) is 8.60. The number of carbonyl (C=O) groups excluding carboxylic acids is 2. The van der Waals surface area contributed by atoms with Crippen LogP contribution in [0.1, 0.15) is 40.3 Å². The smallest absolute Gasteiger partial charge is 0.289 e. The molecule has 1 aliphatic rings. The molecule has 1 aromatic heterocycles. The van der Waals surface area contributed by atoms with Gasteiger partial charge in [-0.05, 0) is 54.3 Å². The second kappa shape index (κ2) is 10.8. The first-order valence-corrected chi connectivity index (χ1v) is 11.6.